The zero-order chi connectivity index (χ0) is 19.7. The molecule has 0 bridgehead atoms. The molecule has 0 unspecified atom stereocenters. The van der Waals surface area contributed by atoms with Crippen LogP contribution in [-0.2, 0) is 20.0 Å². The molecule has 4 rings (SSSR count). The number of anilines is 2. The summed E-state index contributed by atoms with van der Waals surface area (Å²) in [5, 5.41) is 4.32. The molecule has 3 aromatic rings. The second-order valence-corrected chi connectivity index (χ2v) is 6.97. The van der Waals surface area contributed by atoms with Crippen molar-refractivity contribution in [1.82, 2.24) is 14.7 Å². The second-order valence-electron chi connectivity index (χ2n) is 6.97. The number of benzene rings is 2. The van der Waals surface area contributed by atoms with Crippen molar-refractivity contribution in [2.75, 3.05) is 18.5 Å². The van der Waals surface area contributed by atoms with E-state index in [2.05, 4.69) is 5.10 Å². The maximum absolute atomic E-state index is 13.3. The number of hydrogen-bond acceptors (Lipinski definition) is 4. The van der Waals surface area contributed by atoms with E-state index >= 15 is 0 Å². The first-order valence-electron chi connectivity index (χ1n) is 9.28. The standard InChI is InChI=1S/C22H22N4O2/c1-24(17-8-4-3-5-9-17)20-11-7-6-10-18(20)22(28)26-13-12-19-16(15-26)14-21(27)25(2)23-19/h3-11,14H,12-13,15H2,1-2H3. The number of nitrogens with zero attached hydrogens (tertiary/aromatic N) is 4. The molecule has 2 heterocycles. The van der Waals surface area contributed by atoms with Crippen LogP contribution in [0.1, 0.15) is 21.6 Å². The van der Waals surface area contributed by atoms with Gasteiger partial charge in [-0.2, -0.15) is 5.10 Å². The van der Waals surface area contributed by atoms with Gasteiger partial charge in [-0.3, -0.25) is 9.59 Å². The Morgan fingerprint density at radius 1 is 1.07 bits per heavy atom. The highest BCUT2D eigenvalue weighted by molar-refractivity contribution is 6.00. The van der Waals surface area contributed by atoms with Gasteiger partial charge in [0.25, 0.3) is 11.5 Å². The van der Waals surface area contributed by atoms with E-state index in [0.29, 0.717) is 25.1 Å². The summed E-state index contributed by atoms with van der Waals surface area (Å²) in [7, 11) is 3.61. The van der Waals surface area contributed by atoms with Gasteiger partial charge in [-0.05, 0) is 24.3 Å². The predicted octanol–water partition coefficient (Wildman–Crippen LogP) is 2.75. The molecule has 142 valence electrons. The molecule has 1 amide bonds. The Balaban J connectivity index is 1.64. The summed E-state index contributed by atoms with van der Waals surface area (Å²) in [6, 6.07) is 19.2. The van der Waals surface area contributed by atoms with Crippen LogP contribution in [0, 0.1) is 0 Å². The molecule has 28 heavy (non-hydrogen) atoms. The van der Waals surface area contributed by atoms with Gasteiger partial charge in [-0.15, -0.1) is 0 Å². The van der Waals surface area contributed by atoms with Crippen molar-refractivity contribution >= 4 is 17.3 Å². The Morgan fingerprint density at radius 2 is 1.79 bits per heavy atom. The number of carbonyl (C=O) groups is 1. The number of aryl methyl sites for hydroxylation is 1. The average molecular weight is 374 g/mol. The highest BCUT2D eigenvalue weighted by Crippen LogP contribution is 2.28. The van der Waals surface area contributed by atoms with E-state index in [1.54, 1.807) is 18.0 Å². The van der Waals surface area contributed by atoms with E-state index < -0.39 is 0 Å². The molecular formula is C22H22N4O2. The molecular weight excluding hydrogens is 352 g/mol. The minimum absolute atomic E-state index is 0.0373. The molecule has 0 radical (unpaired) electrons. The van der Waals surface area contributed by atoms with E-state index in [1.165, 1.54) is 4.68 Å². The number of fused-ring (bicyclic) bond motifs is 1. The number of carbonyl (C=O) groups excluding carboxylic acids is 1. The molecule has 0 aliphatic carbocycles. The van der Waals surface area contributed by atoms with Crippen LogP contribution < -0.4 is 10.5 Å². The molecule has 0 saturated carbocycles. The molecule has 1 aliphatic rings. The van der Waals surface area contributed by atoms with Crippen molar-refractivity contribution in [2.24, 2.45) is 7.05 Å². The van der Waals surface area contributed by atoms with Crippen LogP contribution in [0.25, 0.3) is 0 Å². The molecule has 1 aromatic heterocycles. The van der Waals surface area contributed by atoms with E-state index in [4.69, 9.17) is 0 Å². The predicted molar refractivity (Wildman–Crippen MR) is 109 cm³/mol. The lowest BCUT2D eigenvalue weighted by atomic mass is 10.0. The van der Waals surface area contributed by atoms with Gasteiger partial charge in [0.15, 0.2) is 0 Å². The number of amides is 1. The van der Waals surface area contributed by atoms with Gasteiger partial charge in [-0.1, -0.05) is 30.3 Å². The van der Waals surface area contributed by atoms with Crippen LogP contribution in [0.2, 0.25) is 0 Å². The first kappa shape index (κ1) is 18.0. The van der Waals surface area contributed by atoms with E-state index in [1.807, 2.05) is 66.5 Å². The normalized spacial score (nSPS) is 13.1. The van der Waals surface area contributed by atoms with Gasteiger partial charge in [-0.25, -0.2) is 4.68 Å². The molecule has 0 atom stereocenters. The first-order chi connectivity index (χ1) is 13.5. The lowest BCUT2D eigenvalue weighted by Crippen LogP contribution is -2.38. The summed E-state index contributed by atoms with van der Waals surface area (Å²) in [5.74, 6) is -0.0373. The Hall–Kier alpha value is -3.41. The van der Waals surface area contributed by atoms with Crippen molar-refractivity contribution in [3.8, 4) is 0 Å². The Bertz CT molecular complexity index is 1080. The summed E-state index contributed by atoms with van der Waals surface area (Å²) < 4.78 is 1.35. The number of rotatable bonds is 3. The van der Waals surface area contributed by atoms with Gasteiger partial charge in [0.05, 0.1) is 16.9 Å². The lowest BCUT2D eigenvalue weighted by molar-refractivity contribution is 0.0733. The maximum atomic E-state index is 13.3. The smallest absolute Gasteiger partial charge is 0.266 e. The van der Waals surface area contributed by atoms with Gasteiger partial charge < -0.3 is 9.80 Å². The average Bonchev–Trinajstić information content (AvgIpc) is 2.74. The van der Waals surface area contributed by atoms with E-state index in [9.17, 15) is 9.59 Å². The van der Waals surface area contributed by atoms with E-state index in [0.717, 1.165) is 22.6 Å². The minimum Gasteiger partial charge on any atom is -0.344 e. The molecule has 1 aliphatic heterocycles. The SMILES string of the molecule is CN(c1ccccc1)c1ccccc1C(=O)N1CCc2nn(C)c(=O)cc2C1. The quantitative estimate of drug-likeness (QED) is 0.707. The van der Waals surface area contributed by atoms with Crippen molar-refractivity contribution in [1.29, 1.82) is 0 Å². The summed E-state index contributed by atoms with van der Waals surface area (Å²) in [6.07, 6.45) is 0.645. The van der Waals surface area contributed by atoms with Crippen LogP contribution in [0.3, 0.4) is 0 Å². The van der Waals surface area contributed by atoms with E-state index in [-0.39, 0.29) is 11.5 Å². The molecule has 6 heteroatoms. The van der Waals surface area contributed by atoms with Crippen LogP contribution in [0.15, 0.2) is 65.5 Å². The minimum atomic E-state index is -0.155. The molecule has 0 spiro atoms. The highest BCUT2D eigenvalue weighted by atomic mass is 16.2. The van der Waals surface area contributed by atoms with Crippen LogP contribution in [-0.4, -0.2) is 34.2 Å². The fourth-order valence-electron chi connectivity index (χ4n) is 3.57. The third-order valence-corrected chi connectivity index (χ3v) is 5.16. The largest absolute Gasteiger partial charge is 0.344 e. The zero-order valence-electron chi connectivity index (χ0n) is 16.0. The summed E-state index contributed by atoms with van der Waals surface area (Å²) in [6.45, 7) is 0.987. The van der Waals surface area contributed by atoms with Crippen molar-refractivity contribution in [3.63, 3.8) is 0 Å². The van der Waals surface area contributed by atoms with Crippen molar-refractivity contribution in [2.45, 2.75) is 13.0 Å². The third kappa shape index (κ3) is 3.29. The summed E-state index contributed by atoms with van der Waals surface area (Å²) >= 11 is 0. The fourth-order valence-corrected chi connectivity index (χ4v) is 3.57. The highest BCUT2D eigenvalue weighted by Gasteiger charge is 2.25. The molecule has 0 saturated heterocycles. The summed E-state index contributed by atoms with van der Waals surface area (Å²) in [5.41, 5.74) is 4.08. The number of aromatic nitrogens is 2. The van der Waals surface area contributed by atoms with Crippen molar-refractivity contribution in [3.05, 3.63) is 87.8 Å². The molecule has 0 N–H and O–H groups in total. The maximum Gasteiger partial charge on any atom is 0.266 e. The molecule has 2 aromatic carbocycles. The van der Waals surface area contributed by atoms with Crippen molar-refractivity contribution < 1.29 is 4.79 Å². The Labute approximate surface area is 163 Å². The summed E-state index contributed by atoms with van der Waals surface area (Å²) in [4.78, 5) is 29.1. The van der Waals surface area contributed by atoms with Crippen LogP contribution >= 0.6 is 0 Å². The van der Waals surface area contributed by atoms with Gasteiger partial charge in [0, 0.05) is 50.9 Å². The molecule has 0 fully saturated rings. The lowest BCUT2D eigenvalue weighted by Gasteiger charge is -2.30. The monoisotopic (exact) mass is 374 g/mol. The van der Waals surface area contributed by atoms with Gasteiger partial charge >= 0.3 is 0 Å². The number of para-hydroxylation sites is 2. The first-order valence-corrected chi connectivity index (χ1v) is 9.28. The second kappa shape index (κ2) is 7.31. The van der Waals surface area contributed by atoms with Crippen LogP contribution in [0.5, 0.6) is 0 Å². The number of hydrogen-bond donors (Lipinski definition) is 0. The van der Waals surface area contributed by atoms with Gasteiger partial charge in [0.2, 0.25) is 0 Å². The fraction of sp³-hybridized carbons (Fsp3) is 0.227. The Kier molecular flexibility index (Phi) is 4.69. The topological polar surface area (TPSA) is 58.4 Å². The third-order valence-electron chi connectivity index (χ3n) is 5.16. The van der Waals surface area contributed by atoms with Crippen LogP contribution in [0.4, 0.5) is 11.4 Å². The zero-order valence-corrected chi connectivity index (χ0v) is 16.0. The Morgan fingerprint density at radius 3 is 2.57 bits per heavy atom. The molecule has 6 nitrogen and oxygen atoms in total. The van der Waals surface area contributed by atoms with Gasteiger partial charge in [0.1, 0.15) is 0 Å².